The number of rotatable bonds is 7. The van der Waals surface area contributed by atoms with Crippen LogP contribution in [0.15, 0.2) is 82.5 Å². The number of ether oxygens (including phenoxy) is 1. The number of nitrogens with one attached hydrogen (secondary N) is 1. The number of aromatic amines is 1. The summed E-state index contributed by atoms with van der Waals surface area (Å²) in [7, 11) is -2.86. The molecule has 1 saturated heterocycles. The minimum Gasteiger partial charge on any atom is -0.405 e. The summed E-state index contributed by atoms with van der Waals surface area (Å²) in [6.45, 7) is 6.26. The first kappa shape index (κ1) is 25.3. The molecule has 0 spiro atoms. The zero-order valence-electron chi connectivity index (χ0n) is 20.1. The SMILES string of the molecule is CC(C)(C)[Si](OC[C@H]1O[C@@H](n2ccc(=O)[nH]c2=O)C(O)[C@@H]1CO)(c1ccccc1)c1ccccc1. The van der Waals surface area contributed by atoms with Gasteiger partial charge < -0.3 is 19.4 Å². The lowest BCUT2D eigenvalue weighted by molar-refractivity contribution is -0.0518. The first-order valence-electron chi connectivity index (χ1n) is 11.7. The van der Waals surface area contributed by atoms with Gasteiger partial charge in [-0.05, 0) is 15.4 Å². The van der Waals surface area contributed by atoms with Gasteiger partial charge in [0.1, 0.15) is 6.10 Å². The van der Waals surface area contributed by atoms with E-state index in [2.05, 4.69) is 50.0 Å². The highest BCUT2D eigenvalue weighted by Crippen LogP contribution is 2.39. The molecule has 2 heterocycles. The Kier molecular flexibility index (Phi) is 7.25. The Bertz CT molecular complexity index is 1200. The van der Waals surface area contributed by atoms with Crippen LogP contribution in [0.4, 0.5) is 0 Å². The predicted octanol–water partition coefficient (Wildman–Crippen LogP) is 0.980. The van der Waals surface area contributed by atoms with Gasteiger partial charge in [-0.2, -0.15) is 0 Å². The average molecular weight is 497 g/mol. The second-order valence-corrected chi connectivity index (χ2v) is 14.2. The Morgan fingerprint density at radius 2 is 1.57 bits per heavy atom. The molecule has 4 rings (SSSR count). The van der Waals surface area contributed by atoms with Crippen LogP contribution in [0.25, 0.3) is 0 Å². The standard InChI is InChI=1S/C26H32N2O6Si/c1-26(2,3)35(18-10-6-4-7-11-18,19-12-8-5-9-13-19)33-17-21-20(16-29)23(31)24(34-21)28-15-14-22(30)27-25(28)32/h4-15,20-21,23-24,29,31H,16-17H2,1-3H3,(H,27,30,32)/t20-,21-,23?,24-/m1/s1. The lowest BCUT2D eigenvalue weighted by atomic mass is 9.99. The van der Waals surface area contributed by atoms with Gasteiger partial charge in [0.05, 0.1) is 19.3 Å². The van der Waals surface area contributed by atoms with Crippen molar-refractivity contribution in [2.45, 2.75) is 44.2 Å². The normalized spacial score (nSPS) is 22.9. The van der Waals surface area contributed by atoms with E-state index in [9.17, 15) is 19.8 Å². The lowest BCUT2D eigenvalue weighted by Crippen LogP contribution is -2.67. The number of aliphatic hydroxyl groups is 2. The van der Waals surface area contributed by atoms with Crippen molar-refractivity contribution in [2.75, 3.05) is 13.2 Å². The van der Waals surface area contributed by atoms with Crippen molar-refractivity contribution < 1.29 is 19.4 Å². The van der Waals surface area contributed by atoms with E-state index in [4.69, 9.17) is 9.16 Å². The Hall–Kier alpha value is -2.82. The molecule has 3 aromatic rings. The molecule has 1 unspecified atom stereocenters. The molecule has 4 atom stereocenters. The van der Waals surface area contributed by atoms with Crippen LogP contribution in [0.2, 0.25) is 5.04 Å². The maximum Gasteiger partial charge on any atom is 0.330 e. The minimum absolute atomic E-state index is 0.115. The van der Waals surface area contributed by atoms with Crippen molar-refractivity contribution in [3.8, 4) is 0 Å². The molecule has 1 aliphatic rings. The number of aromatic nitrogens is 2. The lowest BCUT2D eigenvalue weighted by Gasteiger charge is -2.43. The van der Waals surface area contributed by atoms with Gasteiger partial charge in [-0.1, -0.05) is 81.4 Å². The van der Waals surface area contributed by atoms with Crippen molar-refractivity contribution in [3.05, 3.63) is 93.8 Å². The summed E-state index contributed by atoms with van der Waals surface area (Å²) >= 11 is 0. The Morgan fingerprint density at radius 3 is 2.06 bits per heavy atom. The molecule has 2 aromatic carbocycles. The Labute approximate surface area is 204 Å². The number of hydrogen-bond donors (Lipinski definition) is 3. The molecule has 1 aromatic heterocycles. The van der Waals surface area contributed by atoms with Crippen LogP contribution in [0.5, 0.6) is 0 Å². The third kappa shape index (κ3) is 4.70. The third-order valence-corrected chi connectivity index (χ3v) is 11.7. The summed E-state index contributed by atoms with van der Waals surface area (Å²) in [5, 5.41) is 22.9. The van der Waals surface area contributed by atoms with Gasteiger partial charge in [0.2, 0.25) is 0 Å². The fraction of sp³-hybridized carbons (Fsp3) is 0.385. The molecule has 0 amide bonds. The monoisotopic (exact) mass is 496 g/mol. The molecule has 0 bridgehead atoms. The van der Waals surface area contributed by atoms with Gasteiger partial charge in [-0.15, -0.1) is 0 Å². The number of nitrogens with zero attached hydrogens (tertiary/aromatic N) is 1. The van der Waals surface area contributed by atoms with Crippen molar-refractivity contribution in [3.63, 3.8) is 0 Å². The van der Waals surface area contributed by atoms with E-state index < -0.39 is 43.9 Å². The van der Waals surface area contributed by atoms with Gasteiger partial charge in [0, 0.05) is 18.2 Å². The summed E-state index contributed by atoms with van der Waals surface area (Å²) in [5.74, 6) is -0.669. The third-order valence-electron chi connectivity index (χ3n) is 6.74. The molecule has 3 N–H and O–H groups in total. The van der Waals surface area contributed by atoms with Crippen LogP contribution in [0.1, 0.15) is 27.0 Å². The predicted molar refractivity (Wildman–Crippen MR) is 135 cm³/mol. The Morgan fingerprint density at radius 1 is 1.00 bits per heavy atom. The van der Waals surface area contributed by atoms with E-state index >= 15 is 0 Å². The van der Waals surface area contributed by atoms with Crippen molar-refractivity contribution in [1.29, 1.82) is 0 Å². The highest BCUT2D eigenvalue weighted by atomic mass is 28.4. The van der Waals surface area contributed by atoms with Crippen molar-refractivity contribution >= 4 is 18.7 Å². The molecule has 0 radical (unpaired) electrons. The van der Waals surface area contributed by atoms with E-state index in [-0.39, 0.29) is 18.3 Å². The summed E-state index contributed by atoms with van der Waals surface area (Å²) in [6, 6.07) is 21.5. The molecule has 0 aliphatic carbocycles. The summed E-state index contributed by atoms with van der Waals surface area (Å²) in [5.41, 5.74) is -1.23. The van der Waals surface area contributed by atoms with Gasteiger partial charge >= 0.3 is 5.69 Å². The van der Waals surface area contributed by atoms with E-state index in [0.29, 0.717) is 0 Å². The molecule has 8 nitrogen and oxygen atoms in total. The molecule has 9 heteroatoms. The van der Waals surface area contributed by atoms with Crippen LogP contribution in [-0.2, 0) is 9.16 Å². The number of aliphatic hydroxyl groups excluding tert-OH is 2. The van der Waals surface area contributed by atoms with Crippen molar-refractivity contribution in [2.24, 2.45) is 5.92 Å². The fourth-order valence-electron chi connectivity index (χ4n) is 5.01. The number of hydrogen-bond acceptors (Lipinski definition) is 6. The molecule has 35 heavy (non-hydrogen) atoms. The van der Waals surface area contributed by atoms with Crippen LogP contribution < -0.4 is 21.6 Å². The van der Waals surface area contributed by atoms with E-state index in [1.165, 1.54) is 12.3 Å². The van der Waals surface area contributed by atoms with E-state index in [0.717, 1.165) is 14.9 Å². The molecular weight excluding hydrogens is 464 g/mol. The summed E-state index contributed by atoms with van der Waals surface area (Å²) in [4.78, 5) is 26.0. The molecule has 186 valence electrons. The fourth-order valence-corrected chi connectivity index (χ4v) is 9.58. The first-order chi connectivity index (χ1) is 16.7. The molecule has 1 aliphatic heterocycles. The highest BCUT2D eigenvalue weighted by molar-refractivity contribution is 6.99. The van der Waals surface area contributed by atoms with E-state index in [1.54, 1.807) is 0 Å². The maximum atomic E-state index is 12.3. The molecular formula is C26H32N2O6Si. The van der Waals surface area contributed by atoms with Crippen molar-refractivity contribution in [1.82, 2.24) is 9.55 Å². The zero-order chi connectivity index (χ0) is 25.2. The second-order valence-electron chi connectivity index (χ2n) is 9.89. The van der Waals surface area contributed by atoms with Gasteiger partial charge in [0.15, 0.2) is 6.23 Å². The number of benzene rings is 2. The largest absolute Gasteiger partial charge is 0.405 e. The zero-order valence-corrected chi connectivity index (χ0v) is 21.1. The topological polar surface area (TPSA) is 114 Å². The van der Waals surface area contributed by atoms with Gasteiger partial charge in [0.25, 0.3) is 13.9 Å². The van der Waals surface area contributed by atoms with Crippen LogP contribution in [0.3, 0.4) is 0 Å². The molecule has 1 fully saturated rings. The van der Waals surface area contributed by atoms with Crippen LogP contribution in [0, 0.1) is 5.92 Å². The molecule has 0 saturated carbocycles. The quantitative estimate of drug-likeness (QED) is 0.420. The average Bonchev–Trinajstić information content (AvgIpc) is 3.15. The first-order valence-corrected chi connectivity index (χ1v) is 13.6. The Balaban J connectivity index is 1.71. The smallest absolute Gasteiger partial charge is 0.330 e. The van der Waals surface area contributed by atoms with Gasteiger partial charge in [-0.25, -0.2) is 4.79 Å². The summed E-state index contributed by atoms with van der Waals surface area (Å²) < 4.78 is 14.1. The number of H-pyrrole nitrogens is 1. The van der Waals surface area contributed by atoms with E-state index in [1.807, 2.05) is 36.4 Å². The maximum absolute atomic E-state index is 12.3. The second kappa shape index (κ2) is 10.0. The summed E-state index contributed by atoms with van der Waals surface area (Å²) in [6.07, 6.45) is -1.59. The highest BCUT2D eigenvalue weighted by Gasteiger charge is 2.52. The van der Waals surface area contributed by atoms with Gasteiger partial charge in [-0.3, -0.25) is 14.3 Å². The van der Waals surface area contributed by atoms with Crippen LogP contribution >= 0.6 is 0 Å². The van der Waals surface area contributed by atoms with Crippen LogP contribution in [-0.4, -0.2) is 53.5 Å². The minimum atomic E-state index is -2.86.